The molecule has 1 aromatic heterocycles. The van der Waals surface area contributed by atoms with Gasteiger partial charge in [-0.1, -0.05) is 33.6 Å². The van der Waals surface area contributed by atoms with E-state index in [1.807, 2.05) is 18.8 Å². The van der Waals surface area contributed by atoms with Crippen molar-refractivity contribution in [3.8, 4) is 0 Å². The Morgan fingerprint density at radius 1 is 1.22 bits per heavy atom. The molecule has 0 aliphatic heterocycles. The smallest absolute Gasteiger partial charge is 0.134 e. The van der Waals surface area contributed by atoms with Crippen LogP contribution in [0.5, 0.6) is 0 Å². The molecule has 0 aliphatic carbocycles. The highest BCUT2D eigenvalue weighted by Crippen LogP contribution is 2.27. The maximum Gasteiger partial charge on any atom is 0.134 e. The summed E-state index contributed by atoms with van der Waals surface area (Å²) in [6, 6.07) is 0. The van der Waals surface area contributed by atoms with Crippen molar-refractivity contribution >= 4 is 17.6 Å². The summed E-state index contributed by atoms with van der Waals surface area (Å²) in [6.07, 6.45) is 3.83. The van der Waals surface area contributed by atoms with E-state index in [0.29, 0.717) is 5.92 Å². The van der Waals surface area contributed by atoms with Crippen LogP contribution in [0, 0.1) is 6.92 Å². The Morgan fingerprint density at radius 3 is 2.50 bits per heavy atom. The van der Waals surface area contributed by atoms with Gasteiger partial charge >= 0.3 is 0 Å². The van der Waals surface area contributed by atoms with Crippen LogP contribution in [-0.4, -0.2) is 22.8 Å². The average Bonchev–Trinajstić information content (AvgIpc) is 2.36. The number of unbranched alkanes of at least 4 members (excludes halogenated alkanes) is 2. The van der Waals surface area contributed by atoms with Crippen molar-refractivity contribution in [3.05, 3.63) is 11.4 Å². The second kappa shape index (κ2) is 7.62. The molecule has 0 spiro atoms. The predicted octanol–water partition coefficient (Wildman–Crippen LogP) is 4.23. The first kappa shape index (κ1) is 15.3. The van der Waals surface area contributed by atoms with Crippen molar-refractivity contribution in [2.45, 2.75) is 57.9 Å². The Morgan fingerprint density at radius 2 is 1.94 bits per heavy atom. The van der Waals surface area contributed by atoms with Crippen LogP contribution in [-0.2, 0) is 0 Å². The van der Waals surface area contributed by atoms with E-state index >= 15 is 0 Å². The summed E-state index contributed by atoms with van der Waals surface area (Å²) in [4.78, 5) is 9.25. The fourth-order valence-corrected chi connectivity index (χ4v) is 2.69. The van der Waals surface area contributed by atoms with Crippen LogP contribution in [0.25, 0.3) is 0 Å². The highest BCUT2D eigenvalue weighted by Gasteiger charge is 2.12. The fraction of sp³-hybridized carbons (Fsp3) is 0.714. The third-order valence-corrected chi connectivity index (χ3v) is 4.02. The lowest BCUT2D eigenvalue weighted by molar-refractivity contribution is 0.747. The second-order valence-corrected chi connectivity index (χ2v) is 5.90. The zero-order valence-electron chi connectivity index (χ0n) is 12.2. The SMILES string of the molecule is CCCCCSc1nc(C(C)C)nc(NC)c1C. The molecule has 0 fully saturated rings. The molecule has 3 nitrogen and oxygen atoms in total. The number of aromatic nitrogens is 2. The molecule has 4 heteroatoms. The van der Waals surface area contributed by atoms with Crippen molar-refractivity contribution in [2.24, 2.45) is 0 Å². The van der Waals surface area contributed by atoms with E-state index in [0.717, 1.165) is 22.4 Å². The lowest BCUT2D eigenvalue weighted by atomic mass is 10.2. The summed E-state index contributed by atoms with van der Waals surface area (Å²) < 4.78 is 0. The first-order valence-corrected chi connectivity index (χ1v) is 7.77. The Balaban J connectivity index is 2.84. The van der Waals surface area contributed by atoms with Gasteiger partial charge in [-0.3, -0.25) is 0 Å². The van der Waals surface area contributed by atoms with Gasteiger partial charge in [0.05, 0.1) is 0 Å². The van der Waals surface area contributed by atoms with Gasteiger partial charge in [-0.15, -0.1) is 11.8 Å². The lowest BCUT2D eigenvalue weighted by Gasteiger charge is -2.13. The maximum atomic E-state index is 4.69. The minimum absolute atomic E-state index is 0.368. The van der Waals surface area contributed by atoms with E-state index in [2.05, 4.69) is 43.0 Å². The van der Waals surface area contributed by atoms with Crippen LogP contribution >= 0.6 is 11.8 Å². The molecule has 0 aliphatic rings. The van der Waals surface area contributed by atoms with Gasteiger partial charge in [0, 0.05) is 18.5 Å². The molecule has 102 valence electrons. The largest absolute Gasteiger partial charge is 0.373 e. The van der Waals surface area contributed by atoms with E-state index in [1.165, 1.54) is 24.8 Å². The number of nitrogens with zero attached hydrogens (tertiary/aromatic N) is 2. The highest BCUT2D eigenvalue weighted by atomic mass is 32.2. The van der Waals surface area contributed by atoms with Crippen molar-refractivity contribution in [2.75, 3.05) is 18.1 Å². The van der Waals surface area contributed by atoms with Crippen molar-refractivity contribution in [1.29, 1.82) is 0 Å². The minimum atomic E-state index is 0.368. The Labute approximate surface area is 115 Å². The molecule has 0 amide bonds. The lowest BCUT2D eigenvalue weighted by Crippen LogP contribution is -2.06. The van der Waals surface area contributed by atoms with Gasteiger partial charge in [0.15, 0.2) is 0 Å². The second-order valence-electron chi connectivity index (χ2n) is 4.82. The van der Waals surface area contributed by atoms with Crippen LogP contribution in [0.2, 0.25) is 0 Å². The molecule has 1 N–H and O–H groups in total. The summed E-state index contributed by atoms with van der Waals surface area (Å²) in [7, 11) is 1.92. The number of thioether (sulfide) groups is 1. The normalized spacial score (nSPS) is 11.0. The third kappa shape index (κ3) is 4.16. The van der Waals surface area contributed by atoms with Gasteiger partial charge in [0.1, 0.15) is 16.7 Å². The van der Waals surface area contributed by atoms with Crippen LogP contribution < -0.4 is 5.32 Å². The van der Waals surface area contributed by atoms with Crippen LogP contribution in [0.3, 0.4) is 0 Å². The third-order valence-electron chi connectivity index (χ3n) is 2.86. The van der Waals surface area contributed by atoms with Gasteiger partial charge in [-0.2, -0.15) is 0 Å². The number of hydrogen-bond acceptors (Lipinski definition) is 4. The van der Waals surface area contributed by atoms with Crippen LogP contribution in [0.1, 0.15) is 57.3 Å². The van der Waals surface area contributed by atoms with Gasteiger partial charge in [0.25, 0.3) is 0 Å². The molecule has 1 heterocycles. The molecule has 0 radical (unpaired) electrons. The monoisotopic (exact) mass is 267 g/mol. The molecule has 0 bridgehead atoms. The summed E-state index contributed by atoms with van der Waals surface area (Å²) in [5.41, 5.74) is 1.17. The van der Waals surface area contributed by atoms with Gasteiger partial charge in [-0.25, -0.2) is 9.97 Å². The van der Waals surface area contributed by atoms with Crippen molar-refractivity contribution < 1.29 is 0 Å². The molecular weight excluding hydrogens is 242 g/mol. The van der Waals surface area contributed by atoms with Crippen molar-refractivity contribution in [1.82, 2.24) is 9.97 Å². The van der Waals surface area contributed by atoms with Gasteiger partial charge < -0.3 is 5.32 Å². The summed E-state index contributed by atoms with van der Waals surface area (Å²) in [6.45, 7) is 8.60. The summed E-state index contributed by atoms with van der Waals surface area (Å²) in [5.74, 6) is 3.41. The predicted molar refractivity (Wildman–Crippen MR) is 80.7 cm³/mol. The molecule has 0 atom stereocenters. The Bertz CT molecular complexity index is 378. The summed E-state index contributed by atoms with van der Waals surface area (Å²) in [5, 5.41) is 4.30. The molecule has 1 rings (SSSR count). The highest BCUT2D eigenvalue weighted by molar-refractivity contribution is 7.99. The Kier molecular flexibility index (Phi) is 6.47. The van der Waals surface area contributed by atoms with E-state index in [-0.39, 0.29) is 0 Å². The first-order chi connectivity index (χ1) is 8.60. The van der Waals surface area contributed by atoms with Gasteiger partial charge in [-0.05, 0) is 19.1 Å². The van der Waals surface area contributed by atoms with Crippen molar-refractivity contribution in [3.63, 3.8) is 0 Å². The van der Waals surface area contributed by atoms with Crippen LogP contribution in [0.4, 0.5) is 5.82 Å². The minimum Gasteiger partial charge on any atom is -0.373 e. The van der Waals surface area contributed by atoms with E-state index in [9.17, 15) is 0 Å². The summed E-state index contributed by atoms with van der Waals surface area (Å²) >= 11 is 1.86. The topological polar surface area (TPSA) is 37.8 Å². The number of nitrogens with one attached hydrogen (secondary N) is 1. The average molecular weight is 267 g/mol. The molecule has 0 saturated heterocycles. The maximum absolute atomic E-state index is 4.69. The van der Waals surface area contributed by atoms with E-state index in [1.54, 1.807) is 0 Å². The van der Waals surface area contributed by atoms with E-state index in [4.69, 9.17) is 0 Å². The standard InChI is InChI=1S/C14H25N3S/c1-6-7-8-9-18-14-11(4)13(15-5)16-12(17-14)10(2)3/h10H,6-9H2,1-5H3,(H,15,16,17). The quantitative estimate of drug-likeness (QED) is 0.456. The van der Waals surface area contributed by atoms with Gasteiger partial charge in [0.2, 0.25) is 0 Å². The van der Waals surface area contributed by atoms with Crippen LogP contribution in [0.15, 0.2) is 5.03 Å². The number of anilines is 1. The zero-order valence-corrected chi connectivity index (χ0v) is 13.0. The molecular formula is C14H25N3S. The number of hydrogen-bond donors (Lipinski definition) is 1. The Hall–Kier alpha value is -0.770. The molecule has 1 aromatic rings. The molecule has 0 saturated carbocycles. The fourth-order valence-electron chi connectivity index (χ4n) is 1.68. The zero-order chi connectivity index (χ0) is 13.5. The first-order valence-electron chi connectivity index (χ1n) is 6.79. The molecule has 0 unspecified atom stereocenters. The molecule has 0 aromatic carbocycles. The number of rotatable bonds is 7. The molecule has 18 heavy (non-hydrogen) atoms. The van der Waals surface area contributed by atoms with E-state index < -0.39 is 0 Å².